The lowest BCUT2D eigenvalue weighted by Gasteiger charge is -2.48. The fourth-order valence-corrected chi connectivity index (χ4v) is 5.74. The number of ether oxygens (including phenoxy) is 2. The lowest BCUT2D eigenvalue weighted by atomic mass is 10.1. The van der Waals surface area contributed by atoms with E-state index in [9.17, 15) is 14.4 Å². The molecule has 0 aromatic carbocycles. The normalized spacial score (nSPS) is 21.9. The van der Waals surface area contributed by atoms with Crippen LogP contribution in [-0.2, 0) is 23.9 Å². The van der Waals surface area contributed by atoms with Crippen molar-refractivity contribution in [3.8, 4) is 0 Å². The summed E-state index contributed by atoms with van der Waals surface area (Å²) in [5.41, 5.74) is 8.69. The number of aryl methyl sites for hydroxylation is 1. The lowest BCUT2D eigenvalue weighted by Crippen LogP contribution is -2.68. The molecule has 0 spiro atoms. The van der Waals surface area contributed by atoms with Crippen LogP contribution in [0.3, 0.4) is 0 Å². The number of carbonyl (C=O) groups excluding carboxylic acids is 3. The van der Waals surface area contributed by atoms with E-state index in [1.54, 1.807) is 5.51 Å². The SMILES string of the molecule is CC(=O)OC(C)OC(=O)C1=C(S/C=C\c2scnc2C)CS[C@@H]2[C@H](N)C(=O)N12.Cl. The molecule has 8 nitrogen and oxygen atoms in total. The van der Waals surface area contributed by atoms with Gasteiger partial charge in [0.05, 0.1) is 16.1 Å². The molecule has 1 unspecified atom stereocenters. The fourth-order valence-electron chi connectivity index (χ4n) is 2.68. The number of thiazole rings is 1. The number of hydrogen-bond acceptors (Lipinski definition) is 10. The van der Waals surface area contributed by atoms with Gasteiger partial charge in [-0.05, 0) is 18.4 Å². The zero-order valence-corrected chi connectivity index (χ0v) is 19.1. The number of halogens is 1. The third-order valence-corrected chi connectivity index (χ3v) is 7.26. The molecule has 1 fully saturated rings. The van der Waals surface area contributed by atoms with Gasteiger partial charge >= 0.3 is 11.9 Å². The second-order valence-corrected chi connectivity index (χ2v) is 9.00. The molecule has 2 aliphatic rings. The Morgan fingerprint density at radius 3 is 2.79 bits per heavy atom. The van der Waals surface area contributed by atoms with Crippen molar-refractivity contribution in [2.24, 2.45) is 5.73 Å². The highest BCUT2D eigenvalue weighted by Gasteiger charge is 2.52. The molecule has 0 aliphatic carbocycles. The molecule has 1 saturated heterocycles. The van der Waals surface area contributed by atoms with Gasteiger partial charge in [0.15, 0.2) is 0 Å². The predicted octanol–water partition coefficient (Wildman–Crippen LogP) is 2.48. The Morgan fingerprint density at radius 1 is 1.45 bits per heavy atom. The van der Waals surface area contributed by atoms with Gasteiger partial charge in [0.2, 0.25) is 12.2 Å². The first-order chi connectivity index (χ1) is 13.3. The second-order valence-electron chi connectivity index (χ2n) is 6.01. The van der Waals surface area contributed by atoms with Gasteiger partial charge in [-0.15, -0.1) is 35.5 Å². The molecule has 158 valence electrons. The number of aromatic nitrogens is 1. The highest BCUT2D eigenvalue weighted by atomic mass is 35.5. The number of amides is 1. The summed E-state index contributed by atoms with van der Waals surface area (Å²) in [5.74, 6) is -1.09. The first kappa shape index (κ1) is 23.7. The minimum Gasteiger partial charge on any atom is -0.426 e. The highest BCUT2D eigenvalue weighted by molar-refractivity contribution is 8.08. The first-order valence-corrected chi connectivity index (χ1v) is 11.1. The zero-order valence-electron chi connectivity index (χ0n) is 15.8. The van der Waals surface area contributed by atoms with Crippen molar-refractivity contribution in [2.45, 2.75) is 38.5 Å². The van der Waals surface area contributed by atoms with Crippen molar-refractivity contribution in [1.82, 2.24) is 9.88 Å². The number of fused-ring (bicyclic) bond motifs is 1. The van der Waals surface area contributed by atoms with E-state index in [0.29, 0.717) is 10.7 Å². The Hall–Kier alpha value is -1.53. The summed E-state index contributed by atoms with van der Waals surface area (Å²) in [7, 11) is 0. The standard InChI is InChI=1S/C17H19N3O5S3.ClH/c1-8-11(28-7-19-8)4-5-26-12-6-27-16-13(18)15(22)20(16)14(12)17(23)25-10(3)24-9(2)21;/h4-5,7,10,13,16H,6,18H2,1-3H3;1H/b5-4-;/t10?,13-,16-;/m1./s1. The van der Waals surface area contributed by atoms with Gasteiger partial charge in [-0.1, -0.05) is 11.8 Å². The van der Waals surface area contributed by atoms with E-state index in [4.69, 9.17) is 15.2 Å². The molecule has 1 amide bonds. The molecule has 1 aromatic heterocycles. The van der Waals surface area contributed by atoms with E-state index in [1.165, 1.54) is 53.6 Å². The summed E-state index contributed by atoms with van der Waals surface area (Å²) in [5, 5.41) is 1.56. The minimum absolute atomic E-state index is 0. The topological polar surface area (TPSA) is 112 Å². The Labute approximate surface area is 186 Å². The Bertz CT molecular complexity index is 872. The molecule has 2 aliphatic heterocycles. The van der Waals surface area contributed by atoms with E-state index >= 15 is 0 Å². The number of carbonyl (C=O) groups is 3. The monoisotopic (exact) mass is 477 g/mol. The molecule has 3 rings (SSSR count). The lowest BCUT2D eigenvalue weighted by molar-refractivity contribution is -0.182. The number of rotatable bonds is 6. The summed E-state index contributed by atoms with van der Waals surface area (Å²) < 4.78 is 10.1. The van der Waals surface area contributed by atoms with Crippen LogP contribution in [0.4, 0.5) is 0 Å². The van der Waals surface area contributed by atoms with Crippen LogP contribution in [0.5, 0.6) is 0 Å². The van der Waals surface area contributed by atoms with Gasteiger partial charge < -0.3 is 15.2 Å². The average molecular weight is 478 g/mol. The number of nitrogens with zero attached hydrogens (tertiary/aromatic N) is 2. The summed E-state index contributed by atoms with van der Waals surface area (Å²) in [6.45, 7) is 4.58. The van der Waals surface area contributed by atoms with Crippen LogP contribution in [0.2, 0.25) is 0 Å². The van der Waals surface area contributed by atoms with E-state index in [-0.39, 0.29) is 29.4 Å². The van der Waals surface area contributed by atoms with Gasteiger partial charge in [0.25, 0.3) is 0 Å². The number of esters is 2. The molecule has 1 aromatic rings. The van der Waals surface area contributed by atoms with Crippen molar-refractivity contribution < 1.29 is 23.9 Å². The van der Waals surface area contributed by atoms with Crippen molar-refractivity contribution in [2.75, 3.05) is 5.75 Å². The number of thioether (sulfide) groups is 2. The van der Waals surface area contributed by atoms with E-state index in [1.807, 2.05) is 18.4 Å². The molecule has 29 heavy (non-hydrogen) atoms. The summed E-state index contributed by atoms with van der Waals surface area (Å²) in [4.78, 5) is 43.3. The quantitative estimate of drug-likeness (QED) is 0.375. The van der Waals surface area contributed by atoms with Gasteiger partial charge in [-0.25, -0.2) is 9.78 Å². The summed E-state index contributed by atoms with van der Waals surface area (Å²) in [6.07, 6.45) is 0.854. The van der Waals surface area contributed by atoms with Crippen LogP contribution < -0.4 is 5.73 Å². The molecule has 0 saturated carbocycles. The number of nitrogens with two attached hydrogens (primary N) is 1. The number of hydrogen-bond donors (Lipinski definition) is 1. The first-order valence-electron chi connectivity index (χ1n) is 8.34. The van der Waals surface area contributed by atoms with E-state index in [2.05, 4.69) is 4.98 Å². The summed E-state index contributed by atoms with van der Waals surface area (Å²) in [6, 6.07) is -0.638. The fraction of sp³-hybridized carbons (Fsp3) is 0.412. The molecule has 12 heteroatoms. The van der Waals surface area contributed by atoms with Gasteiger partial charge in [0.1, 0.15) is 17.1 Å². The van der Waals surface area contributed by atoms with Crippen LogP contribution in [0.1, 0.15) is 24.4 Å². The van der Waals surface area contributed by atoms with Gasteiger partial charge in [-0.2, -0.15) is 0 Å². The number of β-lactam (4-membered cyclic amide) rings is 1. The maximum absolute atomic E-state index is 12.7. The maximum Gasteiger partial charge on any atom is 0.359 e. The minimum atomic E-state index is -1.06. The maximum atomic E-state index is 12.7. The molecule has 0 radical (unpaired) electrons. The smallest absolute Gasteiger partial charge is 0.359 e. The third kappa shape index (κ3) is 5.15. The largest absolute Gasteiger partial charge is 0.426 e. The average Bonchev–Trinajstić information content (AvgIpc) is 3.04. The van der Waals surface area contributed by atoms with Crippen LogP contribution in [0.25, 0.3) is 6.08 Å². The highest BCUT2D eigenvalue weighted by Crippen LogP contribution is 2.43. The zero-order chi connectivity index (χ0) is 20.4. The van der Waals surface area contributed by atoms with E-state index < -0.39 is 24.3 Å². The Morgan fingerprint density at radius 2 is 2.17 bits per heavy atom. The van der Waals surface area contributed by atoms with Gasteiger partial charge in [0, 0.05) is 24.5 Å². The van der Waals surface area contributed by atoms with Crippen LogP contribution >= 0.6 is 47.3 Å². The van der Waals surface area contributed by atoms with Crippen LogP contribution in [0, 0.1) is 6.92 Å². The van der Waals surface area contributed by atoms with Gasteiger partial charge in [-0.3, -0.25) is 14.5 Å². The molecular formula is C17H20ClN3O5S3. The Balaban J connectivity index is 0.00000300. The van der Waals surface area contributed by atoms with Crippen LogP contribution in [-0.4, -0.2) is 51.2 Å². The van der Waals surface area contributed by atoms with Crippen molar-refractivity contribution in [1.29, 1.82) is 0 Å². The van der Waals surface area contributed by atoms with Crippen LogP contribution in [0.15, 0.2) is 21.5 Å². The predicted molar refractivity (Wildman–Crippen MR) is 116 cm³/mol. The molecule has 2 N–H and O–H groups in total. The molecule has 3 heterocycles. The van der Waals surface area contributed by atoms with Crippen molar-refractivity contribution >= 4 is 71.2 Å². The van der Waals surface area contributed by atoms with Crippen molar-refractivity contribution in [3.05, 3.63) is 32.1 Å². The third-order valence-electron chi connectivity index (χ3n) is 3.99. The summed E-state index contributed by atoms with van der Waals surface area (Å²) >= 11 is 4.35. The molecular weight excluding hydrogens is 458 g/mol. The molecule has 3 atom stereocenters. The van der Waals surface area contributed by atoms with E-state index in [0.717, 1.165) is 10.6 Å². The Kier molecular flexibility index (Phi) is 8.18. The second kappa shape index (κ2) is 9.98. The molecule has 0 bridgehead atoms. The van der Waals surface area contributed by atoms with Crippen molar-refractivity contribution in [3.63, 3.8) is 0 Å².